The molecule has 0 aromatic heterocycles. The van der Waals surface area contributed by atoms with Gasteiger partial charge in [0.05, 0.1) is 27.4 Å². The van der Waals surface area contributed by atoms with E-state index >= 15 is 0 Å². The van der Waals surface area contributed by atoms with Crippen molar-refractivity contribution >= 4 is 24.4 Å². The number of carbonyl (C=O) groups is 1. The number of benzene rings is 3. The standard InChI is InChI=1S/C29H30F2N2O4.ClH/c1-35-25-14-8-22(28(36-2)29(25)37-3)9-15-26(34)32-16-18-33(19-17-32)27(20-4-10-23(30)11-5-20)21-6-12-24(31)13-7-21;/h4-15,27H,16-19H2,1-3H3;1H/b15-9+;. The number of rotatable bonds is 8. The van der Waals surface area contributed by atoms with Gasteiger partial charge < -0.3 is 19.1 Å². The Morgan fingerprint density at radius 1 is 0.763 bits per heavy atom. The van der Waals surface area contributed by atoms with Crippen LogP contribution in [0.25, 0.3) is 6.08 Å². The first-order chi connectivity index (χ1) is 17.9. The van der Waals surface area contributed by atoms with Crippen molar-refractivity contribution in [3.05, 3.63) is 95.1 Å². The van der Waals surface area contributed by atoms with Crippen LogP contribution in [0.15, 0.2) is 66.7 Å². The summed E-state index contributed by atoms with van der Waals surface area (Å²) >= 11 is 0. The maximum Gasteiger partial charge on any atom is 0.246 e. The summed E-state index contributed by atoms with van der Waals surface area (Å²) in [6, 6.07) is 16.1. The second-order valence-corrected chi connectivity index (χ2v) is 8.62. The second-order valence-electron chi connectivity index (χ2n) is 8.62. The molecule has 1 heterocycles. The van der Waals surface area contributed by atoms with Crippen LogP contribution in [0.4, 0.5) is 8.78 Å². The molecule has 1 aliphatic heterocycles. The third-order valence-electron chi connectivity index (χ3n) is 6.50. The molecular formula is C29H31ClF2N2O4. The van der Waals surface area contributed by atoms with Crippen LogP contribution < -0.4 is 14.2 Å². The van der Waals surface area contributed by atoms with Gasteiger partial charge in [-0.3, -0.25) is 9.69 Å². The van der Waals surface area contributed by atoms with Gasteiger partial charge >= 0.3 is 0 Å². The SMILES string of the molecule is COc1ccc(/C=C/C(=O)N2CCN(C(c3ccc(F)cc3)c3ccc(F)cc3)CC2)c(OC)c1OC.Cl. The molecule has 0 aliphatic carbocycles. The number of piperazine rings is 1. The molecule has 0 radical (unpaired) electrons. The highest BCUT2D eigenvalue weighted by molar-refractivity contribution is 5.92. The van der Waals surface area contributed by atoms with Gasteiger partial charge in [0.25, 0.3) is 0 Å². The number of carbonyl (C=O) groups excluding carboxylic acids is 1. The molecule has 0 spiro atoms. The van der Waals surface area contributed by atoms with Gasteiger partial charge in [0, 0.05) is 37.8 Å². The van der Waals surface area contributed by atoms with Crippen molar-refractivity contribution in [1.82, 2.24) is 9.80 Å². The van der Waals surface area contributed by atoms with E-state index in [0.29, 0.717) is 49.0 Å². The van der Waals surface area contributed by atoms with Gasteiger partial charge in [-0.2, -0.15) is 0 Å². The van der Waals surface area contributed by atoms with Crippen molar-refractivity contribution < 1.29 is 27.8 Å². The van der Waals surface area contributed by atoms with Gasteiger partial charge in [-0.1, -0.05) is 24.3 Å². The molecule has 1 amide bonds. The summed E-state index contributed by atoms with van der Waals surface area (Å²) in [6.07, 6.45) is 3.23. The minimum Gasteiger partial charge on any atom is -0.493 e. The number of hydrogen-bond donors (Lipinski definition) is 0. The first kappa shape index (κ1) is 28.9. The Labute approximate surface area is 227 Å². The Hall–Kier alpha value is -3.62. The lowest BCUT2D eigenvalue weighted by Crippen LogP contribution is -2.49. The van der Waals surface area contributed by atoms with Gasteiger partial charge in [0.1, 0.15) is 11.6 Å². The molecule has 4 rings (SSSR count). The fourth-order valence-electron chi connectivity index (χ4n) is 4.63. The normalized spacial score (nSPS) is 13.9. The molecule has 6 nitrogen and oxygen atoms in total. The summed E-state index contributed by atoms with van der Waals surface area (Å²) in [5, 5.41) is 0. The van der Waals surface area contributed by atoms with E-state index in [4.69, 9.17) is 14.2 Å². The largest absolute Gasteiger partial charge is 0.493 e. The van der Waals surface area contributed by atoms with E-state index in [1.807, 2.05) is 0 Å². The van der Waals surface area contributed by atoms with Gasteiger partial charge in [0.2, 0.25) is 11.7 Å². The van der Waals surface area contributed by atoms with Gasteiger partial charge in [-0.15, -0.1) is 12.4 Å². The van der Waals surface area contributed by atoms with E-state index in [0.717, 1.165) is 11.1 Å². The Bertz CT molecular complexity index is 1200. The predicted octanol–water partition coefficient (Wildman–Crippen LogP) is 5.36. The fraction of sp³-hybridized carbons (Fsp3) is 0.276. The highest BCUT2D eigenvalue weighted by Gasteiger charge is 2.28. The maximum absolute atomic E-state index is 13.6. The van der Waals surface area contributed by atoms with Crippen molar-refractivity contribution in [2.45, 2.75) is 6.04 Å². The second kappa shape index (κ2) is 13.3. The molecule has 9 heteroatoms. The lowest BCUT2D eigenvalue weighted by atomic mass is 9.96. The van der Waals surface area contributed by atoms with Gasteiger partial charge in [-0.05, 0) is 53.6 Å². The monoisotopic (exact) mass is 544 g/mol. The summed E-state index contributed by atoms with van der Waals surface area (Å²) in [5.41, 5.74) is 2.52. The van der Waals surface area contributed by atoms with Crippen molar-refractivity contribution in [3.63, 3.8) is 0 Å². The number of ether oxygens (including phenoxy) is 3. The zero-order valence-electron chi connectivity index (χ0n) is 21.5. The third kappa shape index (κ3) is 6.44. The van der Waals surface area contributed by atoms with Crippen LogP contribution in [-0.2, 0) is 4.79 Å². The van der Waals surface area contributed by atoms with Crippen molar-refractivity contribution in [2.75, 3.05) is 47.5 Å². The van der Waals surface area contributed by atoms with Crippen LogP contribution in [0, 0.1) is 11.6 Å². The Morgan fingerprint density at radius 2 is 1.29 bits per heavy atom. The summed E-state index contributed by atoms with van der Waals surface area (Å²) in [6.45, 7) is 2.26. The smallest absolute Gasteiger partial charge is 0.246 e. The highest BCUT2D eigenvalue weighted by atomic mass is 35.5. The molecule has 0 bridgehead atoms. The summed E-state index contributed by atoms with van der Waals surface area (Å²) < 4.78 is 43.4. The Morgan fingerprint density at radius 3 is 1.76 bits per heavy atom. The fourth-order valence-corrected chi connectivity index (χ4v) is 4.63. The quantitative estimate of drug-likeness (QED) is 0.357. The predicted molar refractivity (Wildman–Crippen MR) is 145 cm³/mol. The minimum atomic E-state index is -0.310. The van der Waals surface area contributed by atoms with E-state index in [1.54, 1.807) is 54.5 Å². The van der Waals surface area contributed by atoms with E-state index in [-0.39, 0.29) is 36.0 Å². The maximum atomic E-state index is 13.6. The molecule has 0 N–H and O–H groups in total. The molecule has 0 atom stereocenters. The average molecular weight is 545 g/mol. The number of amides is 1. The summed E-state index contributed by atoms with van der Waals surface area (Å²) in [4.78, 5) is 17.0. The molecule has 0 unspecified atom stereocenters. The number of methoxy groups -OCH3 is 3. The van der Waals surface area contributed by atoms with Crippen LogP contribution in [-0.4, -0.2) is 63.2 Å². The zero-order valence-corrected chi connectivity index (χ0v) is 22.3. The summed E-state index contributed by atoms with van der Waals surface area (Å²) in [7, 11) is 4.62. The van der Waals surface area contributed by atoms with Crippen molar-refractivity contribution in [2.24, 2.45) is 0 Å². The molecule has 1 fully saturated rings. The van der Waals surface area contributed by atoms with E-state index < -0.39 is 0 Å². The van der Waals surface area contributed by atoms with Crippen molar-refractivity contribution in [1.29, 1.82) is 0 Å². The number of halogens is 3. The zero-order chi connectivity index (χ0) is 26.4. The van der Waals surface area contributed by atoms with Gasteiger partial charge in [0.15, 0.2) is 11.5 Å². The highest BCUT2D eigenvalue weighted by Crippen LogP contribution is 2.40. The molecule has 0 saturated carbocycles. The topological polar surface area (TPSA) is 51.2 Å². The number of nitrogens with zero attached hydrogens (tertiary/aromatic N) is 2. The molecule has 1 aliphatic rings. The van der Waals surface area contributed by atoms with Crippen molar-refractivity contribution in [3.8, 4) is 17.2 Å². The first-order valence-electron chi connectivity index (χ1n) is 12.0. The van der Waals surface area contributed by atoms with E-state index in [1.165, 1.54) is 44.6 Å². The average Bonchev–Trinajstić information content (AvgIpc) is 2.93. The molecule has 38 heavy (non-hydrogen) atoms. The third-order valence-corrected chi connectivity index (χ3v) is 6.50. The Kier molecular flexibility index (Phi) is 10.1. The molecule has 3 aromatic carbocycles. The van der Waals surface area contributed by atoms with Crippen LogP contribution in [0.5, 0.6) is 17.2 Å². The summed E-state index contributed by atoms with van der Waals surface area (Å²) in [5.74, 6) is 0.746. The molecule has 202 valence electrons. The lowest BCUT2D eigenvalue weighted by molar-refractivity contribution is -0.127. The Balaban J connectivity index is 0.00000400. The van der Waals surface area contributed by atoms with Crippen LogP contribution >= 0.6 is 12.4 Å². The van der Waals surface area contributed by atoms with E-state index in [9.17, 15) is 13.6 Å². The lowest BCUT2D eigenvalue weighted by Gasteiger charge is -2.39. The van der Waals surface area contributed by atoms with E-state index in [2.05, 4.69) is 4.90 Å². The molecule has 1 saturated heterocycles. The van der Waals surface area contributed by atoms with Crippen LogP contribution in [0.3, 0.4) is 0 Å². The van der Waals surface area contributed by atoms with Crippen LogP contribution in [0.2, 0.25) is 0 Å². The molecular weight excluding hydrogens is 514 g/mol. The van der Waals surface area contributed by atoms with Crippen LogP contribution in [0.1, 0.15) is 22.7 Å². The first-order valence-corrected chi connectivity index (χ1v) is 12.0. The minimum absolute atomic E-state index is 0. The van der Waals surface area contributed by atoms with Gasteiger partial charge in [-0.25, -0.2) is 8.78 Å². The number of hydrogen-bond acceptors (Lipinski definition) is 5. The molecule has 3 aromatic rings.